The van der Waals surface area contributed by atoms with E-state index in [0.717, 1.165) is 50.8 Å². The molecule has 4 rings (SSSR count). The van der Waals surface area contributed by atoms with Crippen LogP contribution in [0.1, 0.15) is 64.3 Å². The van der Waals surface area contributed by atoms with Crippen molar-refractivity contribution in [1.29, 1.82) is 0 Å². The molecule has 2 saturated carbocycles. The van der Waals surface area contributed by atoms with E-state index >= 15 is 0 Å². The Morgan fingerprint density at radius 3 is 2.52 bits per heavy atom. The topological polar surface area (TPSA) is 64.3 Å². The van der Waals surface area contributed by atoms with Crippen LogP contribution in [0.2, 0.25) is 0 Å². The summed E-state index contributed by atoms with van der Waals surface area (Å²) < 4.78 is 9.54. The van der Waals surface area contributed by atoms with Gasteiger partial charge < -0.3 is 15.0 Å². The number of likely N-dealkylation sites (N-methyl/N-ethyl adjacent to an activating group) is 1. The monoisotopic (exact) mass is 427 g/mol. The summed E-state index contributed by atoms with van der Waals surface area (Å²) in [6, 6.07) is 5.10. The zero-order valence-electron chi connectivity index (χ0n) is 19.2. The molecule has 0 bridgehead atoms. The van der Waals surface area contributed by atoms with Crippen LogP contribution in [0.4, 0.5) is 0 Å². The number of pyridine rings is 1. The maximum atomic E-state index is 13.1. The lowest BCUT2D eigenvalue weighted by molar-refractivity contribution is 0.201. The van der Waals surface area contributed by atoms with E-state index in [-0.39, 0.29) is 17.8 Å². The lowest BCUT2D eigenvalue weighted by Gasteiger charge is -2.32. The zero-order chi connectivity index (χ0) is 21.8. The molecule has 2 aliphatic carbocycles. The summed E-state index contributed by atoms with van der Waals surface area (Å²) in [5.41, 5.74) is 0.805. The fourth-order valence-corrected chi connectivity index (χ4v) is 5.15. The highest BCUT2D eigenvalue weighted by atomic mass is 16.5. The van der Waals surface area contributed by atoms with Gasteiger partial charge in [0, 0.05) is 43.1 Å². The van der Waals surface area contributed by atoms with Crippen LogP contribution in [0, 0.1) is 0 Å². The number of hydrogen-bond donors (Lipinski definition) is 1. The van der Waals surface area contributed by atoms with Gasteiger partial charge in [-0.15, -0.1) is 0 Å². The first kappa shape index (κ1) is 22.1. The van der Waals surface area contributed by atoms with Gasteiger partial charge >= 0.3 is 5.69 Å². The number of nitrogens with zero attached hydrogens (tertiary/aromatic N) is 4. The van der Waals surface area contributed by atoms with Crippen LogP contribution in [-0.4, -0.2) is 57.8 Å². The summed E-state index contributed by atoms with van der Waals surface area (Å²) in [7, 11) is 4.22. The Labute approximate surface area is 185 Å². The van der Waals surface area contributed by atoms with E-state index in [1.54, 1.807) is 10.8 Å². The van der Waals surface area contributed by atoms with E-state index < -0.39 is 0 Å². The first-order chi connectivity index (χ1) is 15.0. The molecule has 7 nitrogen and oxygen atoms in total. The van der Waals surface area contributed by atoms with Crippen molar-refractivity contribution < 1.29 is 4.74 Å². The molecule has 0 aromatic carbocycles. The van der Waals surface area contributed by atoms with Crippen LogP contribution >= 0.6 is 0 Å². The Hall–Kier alpha value is -2.12. The smallest absolute Gasteiger partial charge is 0.333 e. The molecule has 0 spiro atoms. The van der Waals surface area contributed by atoms with Gasteiger partial charge in [0.2, 0.25) is 5.88 Å². The molecule has 0 aliphatic heterocycles. The molecule has 7 heteroatoms. The molecule has 0 amide bonds. The Morgan fingerprint density at radius 1 is 1.13 bits per heavy atom. The highest BCUT2D eigenvalue weighted by Gasteiger charge is 2.25. The number of rotatable bonds is 8. The Balaban J connectivity index is 1.35. The molecule has 1 atom stereocenters. The molecule has 2 aromatic heterocycles. The predicted molar refractivity (Wildman–Crippen MR) is 123 cm³/mol. The SMILES string of the molecule is CC(CN(C)C)NC1CCC(n2ccn(-c3ccc(OC4CCCC4)nc3)c2=O)CC1. The molecule has 31 heavy (non-hydrogen) atoms. The third kappa shape index (κ3) is 5.57. The van der Waals surface area contributed by atoms with Crippen LogP contribution < -0.4 is 15.7 Å². The molecule has 2 aromatic rings. The maximum Gasteiger partial charge on any atom is 0.333 e. The quantitative estimate of drug-likeness (QED) is 0.700. The second-order valence-electron chi connectivity index (χ2n) is 9.57. The van der Waals surface area contributed by atoms with Gasteiger partial charge in [0.1, 0.15) is 6.10 Å². The van der Waals surface area contributed by atoms with E-state index in [0.29, 0.717) is 18.0 Å². The number of aromatic nitrogens is 3. The Morgan fingerprint density at radius 2 is 1.87 bits per heavy atom. The Kier molecular flexibility index (Phi) is 7.13. The van der Waals surface area contributed by atoms with Crippen molar-refractivity contribution in [2.75, 3.05) is 20.6 Å². The number of hydrogen-bond acceptors (Lipinski definition) is 5. The van der Waals surface area contributed by atoms with Gasteiger partial charge in [-0.2, -0.15) is 0 Å². The first-order valence-electron chi connectivity index (χ1n) is 11.8. The van der Waals surface area contributed by atoms with Crippen LogP contribution in [0.3, 0.4) is 0 Å². The van der Waals surface area contributed by atoms with Crippen molar-refractivity contribution >= 4 is 0 Å². The molecule has 1 N–H and O–H groups in total. The molecular formula is C24H37N5O2. The van der Waals surface area contributed by atoms with E-state index in [2.05, 4.69) is 36.2 Å². The van der Waals surface area contributed by atoms with Crippen molar-refractivity contribution in [2.45, 2.75) is 82.5 Å². The molecule has 2 aliphatic rings. The second kappa shape index (κ2) is 10.0. The van der Waals surface area contributed by atoms with Gasteiger partial charge in [-0.25, -0.2) is 9.78 Å². The van der Waals surface area contributed by atoms with Crippen LogP contribution in [-0.2, 0) is 0 Å². The minimum absolute atomic E-state index is 0.0173. The summed E-state index contributed by atoms with van der Waals surface area (Å²) in [4.78, 5) is 19.7. The molecule has 0 radical (unpaired) electrons. The van der Waals surface area contributed by atoms with Crippen LogP contribution in [0.5, 0.6) is 5.88 Å². The standard InChI is InChI=1S/C24H37N5O2/c1-18(17-27(2)3)26-19-8-10-20(11-9-19)28-14-15-29(24(28)30)21-12-13-23(25-16-21)31-22-6-4-5-7-22/h12-16,18-20,22,26H,4-11,17H2,1-3H3. The molecule has 0 saturated heterocycles. The average molecular weight is 428 g/mol. The average Bonchev–Trinajstić information content (AvgIpc) is 3.38. The van der Waals surface area contributed by atoms with Gasteiger partial charge in [0.25, 0.3) is 0 Å². The highest BCUT2D eigenvalue weighted by molar-refractivity contribution is 5.31. The minimum atomic E-state index is 0.0173. The van der Waals surface area contributed by atoms with Gasteiger partial charge in [0.15, 0.2) is 0 Å². The van der Waals surface area contributed by atoms with Gasteiger partial charge in [-0.05, 0) is 78.5 Å². The summed E-state index contributed by atoms with van der Waals surface area (Å²) in [5.74, 6) is 0.650. The number of ether oxygens (including phenoxy) is 1. The van der Waals surface area contributed by atoms with Gasteiger partial charge in [-0.3, -0.25) is 9.13 Å². The van der Waals surface area contributed by atoms with Crippen LogP contribution in [0.15, 0.2) is 35.5 Å². The minimum Gasteiger partial charge on any atom is -0.474 e. The van der Waals surface area contributed by atoms with Crippen LogP contribution in [0.25, 0.3) is 5.69 Å². The number of imidazole rings is 1. The molecule has 2 fully saturated rings. The molecule has 170 valence electrons. The third-order valence-corrected chi connectivity index (χ3v) is 6.64. The van der Waals surface area contributed by atoms with E-state index in [4.69, 9.17) is 4.74 Å². The normalized spacial score (nSPS) is 23.4. The molecule has 2 heterocycles. The fraction of sp³-hybridized carbons (Fsp3) is 0.667. The van der Waals surface area contributed by atoms with Crippen molar-refractivity contribution in [1.82, 2.24) is 24.3 Å². The summed E-state index contributed by atoms with van der Waals surface area (Å²) in [5, 5.41) is 3.74. The van der Waals surface area contributed by atoms with E-state index in [1.165, 1.54) is 12.8 Å². The van der Waals surface area contributed by atoms with Crippen molar-refractivity contribution in [3.05, 3.63) is 41.2 Å². The second-order valence-corrected chi connectivity index (χ2v) is 9.57. The lowest BCUT2D eigenvalue weighted by Crippen LogP contribution is -2.44. The zero-order valence-corrected chi connectivity index (χ0v) is 19.2. The van der Waals surface area contributed by atoms with Crippen molar-refractivity contribution in [2.24, 2.45) is 0 Å². The first-order valence-corrected chi connectivity index (χ1v) is 11.8. The molecule has 1 unspecified atom stereocenters. The summed E-state index contributed by atoms with van der Waals surface area (Å²) >= 11 is 0. The lowest BCUT2D eigenvalue weighted by atomic mass is 9.90. The maximum absolute atomic E-state index is 13.1. The van der Waals surface area contributed by atoms with Crippen molar-refractivity contribution in [3.63, 3.8) is 0 Å². The van der Waals surface area contributed by atoms with Gasteiger partial charge in [0.05, 0.1) is 11.9 Å². The summed E-state index contributed by atoms with van der Waals surface area (Å²) in [6.45, 7) is 3.29. The summed E-state index contributed by atoms with van der Waals surface area (Å²) in [6.07, 6.45) is 14.8. The van der Waals surface area contributed by atoms with E-state index in [1.807, 2.05) is 29.1 Å². The third-order valence-electron chi connectivity index (χ3n) is 6.64. The number of nitrogens with one attached hydrogen (secondary N) is 1. The highest BCUT2D eigenvalue weighted by Crippen LogP contribution is 2.28. The van der Waals surface area contributed by atoms with E-state index in [9.17, 15) is 4.79 Å². The molecular weight excluding hydrogens is 390 g/mol. The Bertz CT molecular complexity index is 874. The fourth-order valence-electron chi connectivity index (χ4n) is 5.15. The predicted octanol–water partition coefficient (Wildman–Crippen LogP) is 3.38. The largest absolute Gasteiger partial charge is 0.474 e. The van der Waals surface area contributed by atoms with Gasteiger partial charge in [-0.1, -0.05) is 0 Å². The van der Waals surface area contributed by atoms with Crippen molar-refractivity contribution in [3.8, 4) is 11.6 Å².